The first-order valence-electron chi connectivity index (χ1n) is 7.77. The molecule has 0 spiro atoms. The van der Waals surface area contributed by atoms with E-state index in [4.69, 9.17) is 9.15 Å². The van der Waals surface area contributed by atoms with Gasteiger partial charge < -0.3 is 24.9 Å². The van der Waals surface area contributed by atoms with Crippen LogP contribution in [0.1, 0.15) is 10.6 Å². The van der Waals surface area contributed by atoms with E-state index in [1.54, 1.807) is 54.6 Å². The van der Waals surface area contributed by atoms with E-state index >= 15 is 0 Å². The maximum absolute atomic E-state index is 12.0. The molecule has 1 heterocycles. The minimum Gasteiger partial charge on any atom is -0.506 e. The molecule has 2 aromatic carbocycles. The molecule has 0 saturated carbocycles. The van der Waals surface area contributed by atoms with E-state index < -0.39 is 5.91 Å². The van der Waals surface area contributed by atoms with Crippen LogP contribution in [0.15, 0.2) is 71.3 Å². The van der Waals surface area contributed by atoms with Crippen LogP contribution in [0.4, 0.5) is 11.4 Å². The summed E-state index contributed by atoms with van der Waals surface area (Å²) in [6, 6.07) is 16.2. The molecule has 3 N–H and O–H groups in total. The number of carbonyl (C=O) groups is 2. The Morgan fingerprint density at radius 1 is 1.00 bits per heavy atom. The van der Waals surface area contributed by atoms with Gasteiger partial charge in [-0.1, -0.05) is 18.2 Å². The Labute approximate surface area is 149 Å². The van der Waals surface area contributed by atoms with Gasteiger partial charge in [-0.25, -0.2) is 0 Å². The minimum atomic E-state index is -0.420. The molecule has 0 aliphatic rings. The first-order chi connectivity index (χ1) is 12.6. The van der Waals surface area contributed by atoms with Gasteiger partial charge in [0, 0.05) is 11.8 Å². The van der Waals surface area contributed by atoms with Gasteiger partial charge in [-0.05, 0) is 36.4 Å². The lowest BCUT2D eigenvalue weighted by molar-refractivity contribution is -0.118. The number of carbonyl (C=O) groups excluding carboxylic acids is 2. The number of rotatable bonds is 6. The second kappa shape index (κ2) is 7.89. The van der Waals surface area contributed by atoms with E-state index in [2.05, 4.69) is 10.6 Å². The SMILES string of the molecule is O=C(COc1cccc(NC(=O)c2ccco2)c1)Nc1ccccc1O. The predicted octanol–water partition coefficient (Wildman–Crippen LogP) is 3.26. The first-order valence-corrected chi connectivity index (χ1v) is 7.77. The summed E-state index contributed by atoms with van der Waals surface area (Å²) in [6.07, 6.45) is 1.41. The second-order valence-electron chi connectivity index (χ2n) is 5.31. The zero-order valence-corrected chi connectivity index (χ0v) is 13.6. The van der Waals surface area contributed by atoms with Crippen LogP contribution in [-0.4, -0.2) is 23.5 Å². The van der Waals surface area contributed by atoms with Gasteiger partial charge in [0.05, 0.1) is 12.0 Å². The Kier molecular flexibility index (Phi) is 5.19. The second-order valence-corrected chi connectivity index (χ2v) is 5.31. The number of furan rings is 1. The molecule has 2 amide bonds. The largest absolute Gasteiger partial charge is 0.506 e. The van der Waals surface area contributed by atoms with Gasteiger partial charge in [-0.2, -0.15) is 0 Å². The molecule has 0 bridgehead atoms. The number of ether oxygens (including phenoxy) is 1. The van der Waals surface area contributed by atoms with E-state index in [1.165, 1.54) is 12.3 Å². The van der Waals surface area contributed by atoms with Crippen LogP contribution in [0.5, 0.6) is 11.5 Å². The van der Waals surface area contributed by atoms with Crippen LogP contribution in [0.3, 0.4) is 0 Å². The molecule has 0 radical (unpaired) electrons. The maximum atomic E-state index is 12.0. The number of hydrogen-bond donors (Lipinski definition) is 3. The van der Waals surface area contributed by atoms with Crippen LogP contribution >= 0.6 is 0 Å². The number of aromatic hydroxyl groups is 1. The smallest absolute Gasteiger partial charge is 0.291 e. The highest BCUT2D eigenvalue weighted by Crippen LogP contribution is 2.22. The van der Waals surface area contributed by atoms with Crippen molar-refractivity contribution in [1.29, 1.82) is 0 Å². The third-order valence-corrected chi connectivity index (χ3v) is 3.38. The number of phenolic OH excluding ortho intramolecular Hbond substituents is 1. The quantitative estimate of drug-likeness (QED) is 0.591. The lowest BCUT2D eigenvalue weighted by atomic mass is 10.3. The summed E-state index contributed by atoms with van der Waals surface area (Å²) >= 11 is 0. The Bertz CT molecular complexity index is 906. The molecular weight excluding hydrogens is 336 g/mol. The number of hydrogen-bond acceptors (Lipinski definition) is 5. The van der Waals surface area contributed by atoms with Crippen molar-refractivity contribution in [1.82, 2.24) is 0 Å². The molecule has 0 unspecified atom stereocenters. The average Bonchev–Trinajstić information content (AvgIpc) is 3.17. The zero-order valence-electron chi connectivity index (χ0n) is 13.6. The standard InChI is InChI=1S/C19H16N2O5/c22-16-8-2-1-7-15(16)21-18(23)12-26-14-6-3-5-13(11-14)20-19(24)17-9-4-10-25-17/h1-11,22H,12H2,(H,20,24)(H,21,23). The molecule has 3 aromatic rings. The molecule has 0 atom stereocenters. The summed E-state index contributed by atoms with van der Waals surface area (Å²) in [7, 11) is 0. The molecule has 26 heavy (non-hydrogen) atoms. The fraction of sp³-hybridized carbons (Fsp3) is 0.0526. The Morgan fingerprint density at radius 2 is 1.85 bits per heavy atom. The summed E-state index contributed by atoms with van der Waals surface area (Å²) in [5.74, 6) is -0.225. The number of phenols is 1. The lowest BCUT2D eigenvalue weighted by Gasteiger charge is -2.10. The van der Waals surface area contributed by atoms with E-state index in [-0.39, 0.29) is 24.0 Å². The number of benzene rings is 2. The average molecular weight is 352 g/mol. The molecular formula is C19H16N2O5. The summed E-state index contributed by atoms with van der Waals surface area (Å²) < 4.78 is 10.5. The number of anilines is 2. The Morgan fingerprint density at radius 3 is 2.62 bits per heavy atom. The van der Waals surface area contributed by atoms with Gasteiger partial charge in [0.2, 0.25) is 0 Å². The van der Waals surface area contributed by atoms with Crippen LogP contribution in [0.25, 0.3) is 0 Å². The molecule has 0 fully saturated rings. The fourth-order valence-corrected chi connectivity index (χ4v) is 2.18. The molecule has 0 aliphatic carbocycles. The monoisotopic (exact) mass is 352 g/mol. The van der Waals surface area contributed by atoms with Gasteiger partial charge in [-0.15, -0.1) is 0 Å². The van der Waals surface area contributed by atoms with Gasteiger partial charge in [0.15, 0.2) is 12.4 Å². The third kappa shape index (κ3) is 4.41. The van der Waals surface area contributed by atoms with Gasteiger partial charge in [0.1, 0.15) is 11.5 Å². The van der Waals surface area contributed by atoms with Gasteiger partial charge in [0.25, 0.3) is 11.8 Å². The highest BCUT2D eigenvalue weighted by molar-refractivity contribution is 6.02. The van der Waals surface area contributed by atoms with E-state index in [0.717, 1.165) is 0 Å². The molecule has 7 heteroatoms. The van der Waals surface area contributed by atoms with Crippen LogP contribution < -0.4 is 15.4 Å². The van der Waals surface area contributed by atoms with E-state index in [1.807, 2.05) is 0 Å². The highest BCUT2D eigenvalue weighted by Gasteiger charge is 2.10. The van der Waals surface area contributed by atoms with Crippen LogP contribution in [0, 0.1) is 0 Å². The van der Waals surface area contributed by atoms with E-state index in [0.29, 0.717) is 17.1 Å². The summed E-state index contributed by atoms with van der Waals surface area (Å²) in [4.78, 5) is 23.9. The molecule has 3 rings (SSSR count). The van der Waals surface area contributed by atoms with Crippen molar-refractivity contribution in [2.24, 2.45) is 0 Å². The van der Waals surface area contributed by atoms with Gasteiger partial charge >= 0.3 is 0 Å². The number of nitrogens with one attached hydrogen (secondary N) is 2. The topological polar surface area (TPSA) is 101 Å². The van der Waals surface area contributed by atoms with Crippen molar-refractivity contribution < 1.29 is 23.8 Å². The zero-order chi connectivity index (χ0) is 18.4. The molecule has 0 aliphatic heterocycles. The predicted molar refractivity (Wildman–Crippen MR) is 95.3 cm³/mol. The van der Waals surface area contributed by atoms with Crippen molar-refractivity contribution in [3.8, 4) is 11.5 Å². The van der Waals surface area contributed by atoms with Crippen molar-refractivity contribution in [2.45, 2.75) is 0 Å². The normalized spacial score (nSPS) is 10.2. The summed E-state index contributed by atoms with van der Waals surface area (Å²) in [6.45, 7) is -0.246. The van der Waals surface area contributed by atoms with Crippen molar-refractivity contribution in [2.75, 3.05) is 17.2 Å². The Hall–Kier alpha value is -3.74. The fourth-order valence-electron chi connectivity index (χ4n) is 2.18. The van der Waals surface area contributed by atoms with Crippen molar-refractivity contribution >= 4 is 23.2 Å². The minimum absolute atomic E-state index is 0.0246. The Balaban J connectivity index is 1.56. The van der Waals surface area contributed by atoms with E-state index in [9.17, 15) is 14.7 Å². The summed E-state index contributed by atoms with van der Waals surface area (Å²) in [5.41, 5.74) is 0.811. The maximum Gasteiger partial charge on any atom is 0.291 e. The molecule has 7 nitrogen and oxygen atoms in total. The molecule has 132 valence electrons. The van der Waals surface area contributed by atoms with Crippen molar-refractivity contribution in [3.63, 3.8) is 0 Å². The van der Waals surface area contributed by atoms with Crippen LogP contribution in [0.2, 0.25) is 0 Å². The molecule has 1 aromatic heterocycles. The number of amides is 2. The highest BCUT2D eigenvalue weighted by atomic mass is 16.5. The van der Waals surface area contributed by atoms with Crippen LogP contribution in [-0.2, 0) is 4.79 Å². The summed E-state index contributed by atoms with van der Waals surface area (Å²) in [5, 5.41) is 14.9. The van der Waals surface area contributed by atoms with Crippen molar-refractivity contribution in [3.05, 3.63) is 72.7 Å². The third-order valence-electron chi connectivity index (χ3n) is 3.38. The number of para-hydroxylation sites is 2. The lowest BCUT2D eigenvalue weighted by Crippen LogP contribution is -2.20. The van der Waals surface area contributed by atoms with Gasteiger partial charge in [-0.3, -0.25) is 9.59 Å². The first kappa shape index (κ1) is 17.1. The molecule has 0 saturated heterocycles.